The Labute approximate surface area is 197 Å². The van der Waals surface area contributed by atoms with Crippen molar-refractivity contribution in [3.63, 3.8) is 0 Å². The lowest BCUT2D eigenvalue weighted by atomic mass is 10.2. The molecule has 0 unspecified atom stereocenters. The van der Waals surface area contributed by atoms with Gasteiger partial charge < -0.3 is 9.32 Å². The molecule has 1 fully saturated rings. The predicted octanol–water partition coefficient (Wildman–Crippen LogP) is 3.09. The molecule has 0 spiro atoms. The molecule has 1 amide bonds. The number of furan rings is 1. The molecule has 1 aromatic heterocycles. The number of rotatable bonds is 8. The normalized spacial score (nSPS) is 15.4. The van der Waals surface area contributed by atoms with Crippen LogP contribution in [-0.2, 0) is 27.9 Å². The van der Waals surface area contributed by atoms with E-state index < -0.39 is 21.7 Å². The van der Waals surface area contributed by atoms with Gasteiger partial charge in [-0.3, -0.25) is 9.69 Å². The molecular formula is C24H25F2N3O4S. The number of carbonyl (C=O) groups is 1. The Morgan fingerprint density at radius 3 is 2.29 bits per heavy atom. The molecule has 7 nitrogen and oxygen atoms in total. The van der Waals surface area contributed by atoms with Gasteiger partial charge >= 0.3 is 0 Å². The van der Waals surface area contributed by atoms with Crippen LogP contribution in [0.4, 0.5) is 8.78 Å². The van der Waals surface area contributed by atoms with E-state index in [2.05, 4.69) is 0 Å². The molecule has 0 bridgehead atoms. The van der Waals surface area contributed by atoms with Crippen LogP contribution < -0.4 is 0 Å². The monoisotopic (exact) mass is 489 g/mol. The first-order valence-corrected chi connectivity index (χ1v) is 12.3. The molecule has 0 atom stereocenters. The third kappa shape index (κ3) is 5.69. The van der Waals surface area contributed by atoms with Crippen molar-refractivity contribution in [2.45, 2.75) is 18.0 Å². The Hall–Kier alpha value is -3.08. The van der Waals surface area contributed by atoms with Crippen LogP contribution in [-0.4, -0.2) is 61.2 Å². The summed E-state index contributed by atoms with van der Waals surface area (Å²) < 4.78 is 59.0. The summed E-state index contributed by atoms with van der Waals surface area (Å²) in [5.74, 6) is -1.74. The molecule has 0 N–H and O–H groups in total. The second-order valence-electron chi connectivity index (χ2n) is 8.07. The molecule has 2 heterocycles. The van der Waals surface area contributed by atoms with Gasteiger partial charge in [0.25, 0.3) is 0 Å². The Bertz CT molecular complexity index is 1210. The van der Waals surface area contributed by atoms with Crippen LogP contribution in [0.3, 0.4) is 0 Å². The van der Waals surface area contributed by atoms with Crippen molar-refractivity contribution in [3.8, 4) is 0 Å². The molecule has 1 aliphatic rings. The quantitative estimate of drug-likeness (QED) is 0.486. The smallest absolute Gasteiger partial charge is 0.243 e. The number of carbonyl (C=O) groups excluding carboxylic acids is 1. The largest absolute Gasteiger partial charge is 0.467 e. The number of hydrogen-bond donors (Lipinski definition) is 0. The third-order valence-corrected chi connectivity index (χ3v) is 7.61. The molecule has 10 heteroatoms. The highest BCUT2D eigenvalue weighted by Crippen LogP contribution is 2.20. The summed E-state index contributed by atoms with van der Waals surface area (Å²) in [6, 6.07) is 15.8. The minimum atomic E-state index is -3.95. The fourth-order valence-corrected chi connectivity index (χ4v) is 5.27. The molecule has 2 aromatic carbocycles. The first-order valence-electron chi connectivity index (χ1n) is 10.8. The number of benzene rings is 2. The maximum absolute atomic E-state index is 13.5. The molecule has 34 heavy (non-hydrogen) atoms. The maximum atomic E-state index is 13.5. The summed E-state index contributed by atoms with van der Waals surface area (Å²) in [6.45, 7) is 1.85. The third-order valence-electron chi connectivity index (χ3n) is 5.71. The fraction of sp³-hybridized carbons (Fsp3) is 0.292. The van der Waals surface area contributed by atoms with Crippen molar-refractivity contribution >= 4 is 15.9 Å². The van der Waals surface area contributed by atoms with Crippen LogP contribution in [0.2, 0.25) is 0 Å². The highest BCUT2D eigenvalue weighted by Gasteiger charge is 2.30. The van der Waals surface area contributed by atoms with E-state index in [1.807, 2.05) is 41.3 Å². The highest BCUT2D eigenvalue weighted by molar-refractivity contribution is 7.89. The summed E-state index contributed by atoms with van der Waals surface area (Å²) in [7, 11) is -3.95. The second-order valence-corrected chi connectivity index (χ2v) is 10.0. The topological polar surface area (TPSA) is 74.1 Å². The van der Waals surface area contributed by atoms with E-state index in [1.165, 1.54) is 4.31 Å². The number of nitrogens with zero attached hydrogens (tertiary/aromatic N) is 3. The molecule has 3 aromatic rings. The SMILES string of the molecule is O=C(CN1CCN(S(=O)(=O)c2ccc(F)c(F)c2)CC1)N(Cc1ccccc1)Cc1ccco1. The first-order chi connectivity index (χ1) is 16.3. The van der Waals surface area contributed by atoms with E-state index in [1.54, 1.807) is 17.2 Å². The Morgan fingerprint density at radius 1 is 0.912 bits per heavy atom. The number of sulfonamides is 1. The summed E-state index contributed by atoms with van der Waals surface area (Å²) in [5.41, 5.74) is 0.991. The Morgan fingerprint density at radius 2 is 1.65 bits per heavy atom. The molecule has 1 saturated heterocycles. The van der Waals surface area contributed by atoms with Crippen LogP contribution >= 0.6 is 0 Å². The lowest BCUT2D eigenvalue weighted by molar-refractivity contribution is -0.134. The van der Waals surface area contributed by atoms with E-state index in [9.17, 15) is 22.0 Å². The number of hydrogen-bond acceptors (Lipinski definition) is 5. The lowest BCUT2D eigenvalue weighted by Gasteiger charge is -2.34. The van der Waals surface area contributed by atoms with Crippen LogP contribution in [0, 0.1) is 11.6 Å². The van der Waals surface area contributed by atoms with Gasteiger partial charge in [0.15, 0.2) is 11.6 Å². The number of halogens is 2. The van der Waals surface area contributed by atoms with Gasteiger partial charge in [-0.2, -0.15) is 4.31 Å². The maximum Gasteiger partial charge on any atom is 0.243 e. The fourth-order valence-electron chi connectivity index (χ4n) is 3.83. The average molecular weight is 490 g/mol. The van der Waals surface area contributed by atoms with Crippen molar-refractivity contribution in [2.24, 2.45) is 0 Å². The minimum Gasteiger partial charge on any atom is -0.467 e. The summed E-state index contributed by atoms with van der Waals surface area (Å²) in [5, 5.41) is 0. The van der Waals surface area contributed by atoms with E-state index in [0.717, 1.165) is 17.7 Å². The van der Waals surface area contributed by atoms with Gasteiger partial charge in [0.1, 0.15) is 5.76 Å². The summed E-state index contributed by atoms with van der Waals surface area (Å²) in [6.07, 6.45) is 1.56. The first kappa shape index (κ1) is 24.1. The zero-order valence-corrected chi connectivity index (χ0v) is 19.3. The standard InChI is InChI=1S/C24H25F2N3O4S/c25-22-9-8-21(15-23(22)26)34(31,32)29-12-10-27(11-13-29)18-24(30)28(17-20-7-4-14-33-20)16-19-5-2-1-3-6-19/h1-9,14-15H,10-13,16-18H2. The molecule has 4 rings (SSSR count). The second kappa shape index (κ2) is 10.5. The summed E-state index contributed by atoms with van der Waals surface area (Å²) in [4.78, 5) is 16.5. The number of piperazine rings is 1. The van der Waals surface area contributed by atoms with Gasteiger partial charge in [-0.1, -0.05) is 30.3 Å². The minimum absolute atomic E-state index is 0.0998. The van der Waals surface area contributed by atoms with Crippen molar-refractivity contribution < 1.29 is 26.4 Å². The van der Waals surface area contributed by atoms with Gasteiger partial charge in [-0.15, -0.1) is 0 Å². The average Bonchev–Trinajstić information content (AvgIpc) is 3.34. The Kier molecular flexibility index (Phi) is 7.40. The predicted molar refractivity (Wildman–Crippen MR) is 121 cm³/mol. The van der Waals surface area contributed by atoms with Gasteiger partial charge in [-0.05, 0) is 35.9 Å². The van der Waals surface area contributed by atoms with Crippen LogP contribution in [0.25, 0.3) is 0 Å². The van der Waals surface area contributed by atoms with Crippen molar-refractivity contribution in [2.75, 3.05) is 32.7 Å². The zero-order chi connectivity index (χ0) is 24.1. The summed E-state index contributed by atoms with van der Waals surface area (Å²) >= 11 is 0. The van der Waals surface area contributed by atoms with Gasteiger partial charge in [0.05, 0.1) is 24.2 Å². The zero-order valence-electron chi connectivity index (χ0n) is 18.4. The highest BCUT2D eigenvalue weighted by atomic mass is 32.2. The van der Waals surface area contributed by atoms with Crippen LogP contribution in [0.5, 0.6) is 0 Å². The molecule has 180 valence electrons. The molecule has 0 radical (unpaired) electrons. The lowest BCUT2D eigenvalue weighted by Crippen LogP contribution is -2.51. The van der Waals surface area contributed by atoms with E-state index in [-0.39, 0.29) is 30.4 Å². The van der Waals surface area contributed by atoms with Crippen LogP contribution in [0.15, 0.2) is 76.2 Å². The van der Waals surface area contributed by atoms with Crippen molar-refractivity contribution in [1.82, 2.24) is 14.1 Å². The van der Waals surface area contributed by atoms with E-state index in [4.69, 9.17) is 4.42 Å². The molecule has 0 saturated carbocycles. The van der Waals surface area contributed by atoms with E-state index in [0.29, 0.717) is 38.0 Å². The van der Waals surface area contributed by atoms with Crippen LogP contribution in [0.1, 0.15) is 11.3 Å². The van der Waals surface area contributed by atoms with Crippen molar-refractivity contribution in [1.29, 1.82) is 0 Å². The molecule has 1 aliphatic heterocycles. The van der Waals surface area contributed by atoms with Gasteiger partial charge in [-0.25, -0.2) is 17.2 Å². The van der Waals surface area contributed by atoms with Crippen molar-refractivity contribution in [3.05, 3.63) is 89.9 Å². The van der Waals surface area contributed by atoms with E-state index >= 15 is 0 Å². The van der Waals surface area contributed by atoms with Gasteiger partial charge in [0, 0.05) is 32.7 Å². The molecule has 0 aliphatic carbocycles. The number of amides is 1. The molecular weight excluding hydrogens is 464 g/mol. The van der Waals surface area contributed by atoms with Gasteiger partial charge in [0.2, 0.25) is 15.9 Å². The Balaban J connectivity index is 1.38.